The Hall–Kier alpha value is -3.38. The van der Waals surface area contributed by atoms with Crippen LogP contribution in [-0.2, 0) is 25.5 Å². The number of hydrogen-bond acceptors (Lipinski definition) is 9. The van der Waals surface area contributed by atoms with Crippen molar-refractivity contribution in [2.24, 2.45) is 0 Å². The lowest BCUT2D eigenvalue weighted by molar-refractivity contribution is -0.142. The van der Waals surface area contributed by atoms with E-state index in [9.17, 15) is 24.3 Å². The lowest BCUT2D eigenvalue weighted by atomic mass is 10.1. The van der Waals surface area contributed by atoms with Gasteiger partial charge in [-0.15, -0.1) is 0 Å². The highest BCUT2D eigenvalue weighted by atomic mass is 35.5. The van der Waals surface area contributed by atoms with E-state index < -0.39 is 35.5 Å². The Kier molecular flexibility index (Phi) is 9.21. The second-order valence-electron chi connectivity index (χ2n) is 7.97. The summed E-state index contributed by atoms with van der Waals surface area (Å²) in [5.41, 5.74) is -0.164. The van der Waals surface area contributed by atoms with E-state index in [2.05, 4.69) is 25.7 Å². The highest BCUT2D eigenvalue weighted by Crippen LogP contribution is 2.27. The molecule has 1 heterocycles. The van der Waals surface area contributed by atoms with Crippen molar-refractivity contribution in [1.29, 1.82) is 0 Å². The summed E-state index contributed by atoms with van der Waals surface area (Å²) in [6, 6.07) is 4.98. The predicted molar refractivity (Wildman–Crippen MR) is 125 cm³/mol. The van der Waals surface area contributed by atoms with E-state index >= 15 is 0 Å². The Morgan fingerprint density at radius 2 is 1.94 bits per heavy atom. The van der Waals surface area contributed by atoms with Crippen LogP contribution in [0.15, 0.2) is 24.3 Å². The van der Waals surface area contributed by atoms with Crippen LogP contribution in [0.1, 0.15) is 36.0 Å². The zero-order chi connectivity index (χ0) is 25.5. The monoisotopic (exact) mass is 512 g/mol. The molecule has 2 rings (SSSR count). The Labute approximate surface area is 204 Å². The van der Waals surface area contributed by atoms with Gasteiger partial charge in [0.25, 0.3) is 5.91 Å². The Morgan fingerprint density at radius 3 is 2.56 bits per heavy atom. The first-order chi connectivity index (χ1) is 15.9. The first kappa shape index (κ1) is 26.9. The molecule has 3 amide bonds. The second kappa shape index (κ2) is 11.7. The lowest BCUT2D eigenvalue weighted by Gasteiger charge is -2.21. The number of aromatic hydroxyl groups is 1. The van der Waals surface area contributed by atoms with Crippen LogP contribution in [0.2, 0.25) is 5.15 Å². The average Bonchev–Trinajstić information content (AvgIpc) is 3.08. The minimum absolute atomic E-state index is 0.0304. The number of aromatic nitrogens is 1. The number of nitrogens with zero attached hydrogens (tertiary/aromatic N) is 1. The normalized spacial score (nSPS) is 11.8. The van der Waals surface area contributed by atoms with Gasteiger partial charge in [0, 0.05) is 0 Å². The van der Waals surface area contributed by atoms with E-state index in [1.54, 1.807) is 32.9 Å². The fraction of sp³-hybridized carbons (Fsp3) is 0.381. The van der Waals surface area contributed by atoms with Gasteiger partial charge in [0.15, 0.2) is 10.3 Å². The van der Waals surface area contributed by atoms with Gasteiger partial charge in [-0.3, -0.25) is 9.59 Å². The molecule has 0 saturated heterocycles. The molecule has 184 valence electrons. The molecule has 4 N–H and O–H groups in total. The van der Waals surface area contributed by atoms with Crippen LogP contribution in [0.4, 0.5) is 9.93 Å². The molecule has 2 aromatic rings. The van der Waals surface area contributed by atoms with E-state index in [4.69, 9.17) is 16.3 Å². The molecule has 1 unspecified atom stereocenters. The maximum absolute atomic E-state index is 12.7. The first-order valence-corrected chi connectivity index (χ1v) is 11.2. The van der Waals surface area contributed by atoms with E-state index in [1.807, 2.05) is 0 Å². The van der Waals surface area contributed by atoms with Crippen LogP contribution >= 0.6 is 22.9 Å². The fourth-order valence-electron chi connectivity index (χ4n) is 2.57. The summed E-state index contributed by atoms with van der Waals surface area (Å²) in [6.45, 7) is 4.74. The van der Waals surface area contributed by atoms with Crippen molar-refractivity contribution in [2.75, 3.05) is 19.0 Å². The van der Waals surface area contributed by atoms with Gasteiger partial charge >= 0.3 is 12.1 Å². The molecule has 34 heavy (non-hydrogen) atoms. The average molecular weight is 513 g/mol. The zero-order valence-electron chi connectivity index (χ0n) is 18.9. The molecule has 1 atom stereocenters. The minimum atomic E-state index is -1.23. The number of amides is 3. The van der Waals surface area contributed by atoms with Gasteiger partial charge in [-0.1, -0.05) is 35.1 Å². The number of carbonyl (C=O) groups is 4. The summed E-state index contributed by atoms with van der Waals surface area (Å²) in [6.07, 6.45) is -0.809. The number of alkyl carbamates (subject to hydrolysis) is 1. The fourth-order valence-corrected chi connectivity index (χ4v) is 3.68. The zero-order valence-corrected chi connectivity index (χ0v) is 20.5. The van der Waals surface area contributed by atoms with Gasteiger partial charge in [0.1, 0.15) is 22.3 Å². The maximum Gasteiger partial charge on any atom is 0.407 e. The summed E-state index contributed by atoms with van der Waals surface area (Å²) in [7, 11) is 1.13. The number of benzene rings is 1. The summed E-state index contributed by atoms with van der Waals surface area (Å²) in [5.74, 6) is -1.96. The predicted octanol–water partition coefficient (Wildman–Crippen LogP) is 2.48. The topological polar surface area (TPSA) is 156 Å². The van der Waals surface area contributed by atoms with Crippen molar-refractivity contribution in [2.45, 2.75) is 38.8 Å². The van der Waals surface area contributed by atoms with Crippen molar-refractivity contribution >= 4 is 51.9 Å². The van der Waals surface area contributed by atoms with Crippen molar-refractivity contribution in [1.82, 2.24) is 15.6 Å². The highest BCUT2D eigenvalue weighted by Gasteiger charge is 2.27. The molecule has 0 aliphatic heterocycles. The number of nitrogens with one attached hydrogen (secondary N) is 3. The number of carbonyl (C=O) groups excluding carboxylic acids is 4. The van der Waals surface area contributed by atoms with E-state index in [0.717, 1.165) is 18.4 Å². The standard InChI is InChI=1S/C21H25ClN4O7S/c1-21(2,3)33-20(31)23-10-13(18(30)32-4)24-17(29)15-16(22)26-19(34-15)25-14(28)9-11-6-5-7-12(27)8-11/h5-8,13,27H,9-10H2,1-4H3,(H,23,31)(H,24,29)(H,25,26,28). The smallest absolute Gasteiger partial charge is 0.407 e. The summed E-state index contributed by atoms with van der Waals surface area (Å²) in [5, 5.41) is 16.7. The van der Waals surface area contributed by atoms with Crippen molar-refractivity contribution < 1.29 is 33.8 Å². The molecular weight excluding hydrogens is 488 g/mol. The maximum atomic E-state index is 12.7. The summed E-state index contributed by atoms with van der Waals surface area (Å²) < 4.78 is 9.77. The van der Waals surface area contributed by atoms with Gasteiger partial charge < -0.3 is 30.5 Å². The van der Waals surface area contributed by atoms with E-state index in [1.165, 1.54) is 12.1 Å². The van der Waals surface area contributed by atoms with Crippen molar-refractivity contribution in [3.05, 3.63) is 39.9 Å². The van der Waals surface area contributed by atoms with Gasteiger partial charge in [0.2, 0.25) is 5.91 Å². The van der Waals surface area contributed by atoms with Crippen LogP contribution < -0.4 is 16.0 Å². The van der Waals surface area contributed by atoms with E-state index in [-0.39, 0.29) is 33.9 Å². The quantitative estimate of drug-likeness (QED) is 0.393. The number of ether oxygens (including phenoxy) is 2. The number of halogens is 1. The van der Waals surface area contributed by atoms with Gasteiger partial charge in [-0.05, 0) is 38.5 Å². The minimum Gasteiger partial charge on any atom is -0.508 e. The third-order valence-corrected chi connectivity index (χ3v) is 5.31. The molecule has 1 aromatic carbocycles. The molecular formula is C21H25ClN4O7S. The van der Waals surface area contributed by atoms with E-state index in [0.29, 0.717) is 5.56 Å². The third-order valence-electron chi connectivity index (χ3n) is 3.95. The van der Waals surface area contributed by atoms with Crippen molar-refractivity contribution in [3.63, 3.8) is 0 Å². The highest BCUT2D eigenvalue weighted by molar-refractivity contribution is 7.18. The number of methoxy groups -OCH3 is 1. The SMILES string of the molecule is COC(=O)C(CNC(=O)OC(C)(C)C)NC(=O)c1sc(NC(=O)Cc2cccc(O)c2)nc1Cl. The molecule has 13 heteroatoms. The van der Waals surface area contributed by atoms with Crippen LogP contribution in [0.5, 0.6) is 5.75 Å². The van der Waals surface area contributed by atoms with Gasteiger partial charge in [-0.2, -0.15) is 0 Å². The number of esters is 1. The third kappa shape index (κ3) is 8.52. The number of phenols is 1. The number of thiazole rings is 1. The summed E-state index contributed by atoms with van der Waals surface area (Å²) >= 11 is 6.85. The summed E-state index contributed by atoms with van der Waals surface area (Å²) in [4.78, 5) is 52.8. The second-order valence-corrected chi connectivity index (χ2v) is 9.32. The Morgan fingerprint density at radius 1 is 1.24 bits per heavy atom. The van der Waals surface area contributed by atoms with Gasteiger partial charge in [-0.25, -0.2) is 14.6 Å². The van der Waals surface area contributed by atoms with Crippen LogP contribution in [0.25, 0.3) is 0 Å². The Balaban J connectivity index is 2.02. The van der Waals surface area contributed by atoms with Crippen molar-refractivity contribution in [3.8, 4) is 5.75 Å². The molecule has 11 nitrogen and oxygen atoms in total. The molecule has 0 spiro atoms. The molecule has 0 aliphatic rings. The van der Waals surface area contributed by atoms with Crippen LogP contribution in [-0.4, -0.2) is 59.3 Å². The number of phenolic OH excluding ortho intramolecular Hbond substituents is 1. The number of anilines is 1. The molecule has 0 aliphatic carbocycles. The molecule has 0 radical (unpaired) electrons. The molecule has 0 fully saturated rings. The molecule has 0 saturated carbocycles. The molecule has 1 aromatic heterocycles. The lowest BCUT2D eigenvalue weighted by Crippen LogP contribution is -2.49. The number of hydrogen-bond donors (Lipinski definition) is 4. The van der Waals surface area contributed by atoms with Crippen LogP contribution in [0.3, 0.4) is 0 Å². The Bertz CT molecular complexity index is 1070. The molecule has 0 bridgehead atoms. The number of rotatable bonds is 8. The van der Waals surface area contributed by atoms with Gasteiger partial charge in [0.05, 0.1) is 20.1 Å². The van der Waals surface area contributed by atoms with Crippen LogP contribution in [0, 0.1) is 0 Å². The first-order valence-electron chi connectivity index (χ1n) is 9.97. The largest absolute Gasteiger partial charge is 0.508 e.